The van der Waals surface area contributed by atoms with Gasteiger partial charge in [0.1, 0.15) is 6.61 Å². The van der Waals surface area contributed by atoms with Crippen LogP contribution in [0.25, 0.3) is 10.8 Å². The minimum atomic E-state index is -0.482. The standard InChI is InChI=1S/C27H25BrFN5O3/c1-35-24-14-18(15-31-33-27-30-16-23(29)26(32-27)34-9-11-36-12-10-34)13-22(28)25(24)37-17-20-7-4-6-19-5-2-3-8-21(19)20/h2-8,13-16H,9-12,17H2,1H3,(H,30,32,33)/b31-15+. The van der Waals surface area contributed by atoms with E-state index in [9.17, 15) is 4.39 Å². The predicted molar refractivity (Wildman–Crippen MR) is 145 cm³/mol. The van der Waals surface area contributed by atoms with Crippen LogP contribution in [0.2, 0.25) is 0 Å². The van der Waals surface area contributed by atoms with Gasteiger partial charge in [0, 0.05) is 13.1 Å². The first kappa shape index (κ1) is 24.9. The zero-order valence-electron chi connectivity index (χ0n) is 20.2. The lowest BCUT2D eigenvalue weighted by Crippen LogP contribution is -2.37. The second-order valence-electron chi connectivity index (χ2n) is 8.30. The third-order valence-corrected chi connectivity index (χ3v) is 6.51. The number of hydrogen-bond acceptors (Lipinski definition) is 8. The van der Waals surface area contributed by atoms with E-state index in [1.54, 1.807) is 13.3 Å². The summed E-state index contributed by atoms with van der Waals surface area (Å²) in [5.74, 6) is 1.10. The SMILES string of the molecule is COc1cc(/C=N/Nc2ncc(F)c(N3CCOCC3)n2)cc(Br)c1OCc1cccc2ccccc12. The number of nitrogens with one attached hydrogen (secondary N) is 1. The fourth-order valence-corrected chi connectivity index (χ4v) is 4.67. The van der Waals surface area contributed by atoms with Crippen LogP contribution in [-0.4, -0.2) is 49.6 Å². The minimum Gasteiger partial charge on any atom is -0.493 e. The van der Waals surface area contributed by atoms with E-state index in [0.29, 0.717) is 44.4 Å². The molecule has 0 atom stereocenters. The summed E-state index contributed by atoms with van der Waals surface area (Å²) in [6, 6.07) is 18.1. The van der Waals surface area contributed by atoms with Crippen molar-refractivity contribution in [3.8, 4) is 11.5 Å². The summed E-state index contributed by atoms with van der Waals surface area (Å²) in [5, 5.41) is 6.53. The van der Waals surface area contributed by atoms with Crippen LogP contribution in [0.1, 0.15) is 11.1 Å². The fourth-order valence-electron chi connectivity index (χ4n) is 4.10. The van der Waals surface area contributed by atoms with Crippen molar-refractivity contribution in [1.82, 2.24) is 9.97 Å². The minimum absolute atomic E-state index is 0.195. The molecule has 2 heterocycles. The van der Waals surface area contributed by atoms with Crippen molar-refractivity contribution in [3.05, 3.63) is 82.2 Å². The van der Waals surface area contributed by atoms with Gasteiger partial charge in [-0.3, -0.25) is 0 Å². The van der Waals surface area contributed by atoms with Gasteiger partial charge in [0.05, 0.1) is 37.2 Å². The maximum absolute atomic E-state index is 14.3. The van der Waals surface area contributed by atoms with E-state index in [1.165, 1.54) is 0 Å². The molecular formula is C27H25BrFN5O3. The number of hydrazone groups is 1. The van der Waals surface area contributed by atoms with E-state index < -0.39 is 5.82 Å². The summed E-state index contributed by atoms with van der Waals surface area (Å²) in [5.41, 5.74) is 4.61. The van der Waals surface area contributed by atoms with Crippen LogP contribution in [0.5, 0.6) is 11.5 Å². The Kier molecular flexibility index (Phi) is 7.76. The van der Waals surface area contributed by atoms with Gasteiger partial charge in [-0.25, -0.2) is 14.8 Å². The number of ether oxygens (including phenoxy) is 3. The molecule has 0 amide bonds. The van der Waals surface area contributed by atoms with Gasteiger partial charge in [0.25, 0.3) is 0 Å². The van der Waals surface area contributed by atoms with E-state index >= 15 is 0 Å². The summed E-state index contributed by atoms with van der Waals surface area (Å²) in [6.07, 6.45) is 2.74. The Morgan fingerprint density at radius 3 is 2.81 bits per heavy atom. The largest absolute Gasteiger partial charge is 0.493 e. The van der Waals surface area contributed by atoms with Gasteiger partial charge < -0.3 is 19.1 Å². The van der Waals surface area contributed by atoms with E-state index in [4.69, 9.17) is 14.2 Å². The third-order valence-electron chi connectivity index (χ3n) is 5.92. The molecule has 37 heavy (non-hydrogen) atoms. The molecule has 0 unspecified atom stereocenters. The molecular weight excluding hydrogens is 541 g/mol. The molecule has 0 spiro atoms. The lowest BCUT2D eigenvalue weighted by atomic mass is 10.1. The molecule has 1 aliphatic heterocycles. The van der Waals surface area contributed by atoms with E-state index in [0.717, 1.165) is 32.6 Å². The first-order valence-corrected chi connectivity index (χ1v) is 12.5. The molecule has 5 rings (SSSR count). The second kappa shape index (κ2) is 11.5. The van der Waals surface area contributed by atoms with Crippen molar-refractivity contribution in [2.24, 2.45) is 5.10 Å². The van der Waals surface area contributed by atoms with Gasteiger partial charge in [-0.15, -0.1) is 0 Å². The van der Waals surface area contributed by atoms with Crippen LogP contribution in [0.4, 0.5) is 16.2 Å². The average Bonchev–Trinajstić information content (AvgIpc) is 2.93. The fraction of sp³-hybridized carbons (Fsp3) is 0.222. The average molecular weight is 566 g/mol. The molecule has 3 aromatic carbocycles. The summed E-state index contributed by atoms with van der Waals surface area (Å²) in [4.78, 5) is 10.1. The maximum Gasteiger partial charge on any atom is 0.245 e. The Bertz CT molecular complexity index is 1420. The van der Waals surface area contributed by atoms with Crippen LogP contribution in [0.15, 0.2) is 70.4 Å². The lowest BCUT2D eigenvalue weighted by Gasteiger charge is -2.27. The first-order chi connectivity index (χ1) is 18.1. The molecule has 1 N–H and O–H groups in total. The molecule has 1 aromatic heterocycles. The number of nitrogens with zero attached hydrogens (tertiary/aromatic N) is 4. The number of halogens is 2. The third kappa shape index (κ3) is 5.81. The zero-order chi connectivity index (χ0) is 25.6. The number of hydrogen-bond donors (Lipinski definition) is 1. The number of fused-ring (bicyclic) bond motifs is 1. The molecule has 1 aliphatic rings. The van der Waals surface area contributed by atoms with Crippen LogP contribution in [-0.2, 0) is 11.3 Å². The van der Waals surface area contributed by atoms with Gasteiger partial charge in [-0.1, -0.05) is 42.5 Å². The van der Waals surface area contributed by atoms with Crippen molar-refractivity contribution in [2.45, 2.75) is 6.61 Å². The summed E-state index contributed by atoms with van der Waals surface area (Å²) in [6.45, 7) is 2.59. The van der Waals surface area contributed by atoms with Crippen molar-refractivity contribution in [2.75, 3.05) is 43.7 Å². The molecule has 4 aromatic rings. The molecule has 8 nitrogen and oxygen atoms in total. The Hall–Kier alpha value is -3.76. The van der Waals surface area contributed by atoms with Crippen LogP contribution < -0.4 is 19.8 Å². The van der Waals surface area contributed by atoms with Crippen LogP contribution in [0, 0.1) is 5.82 Å². The first-order valence-electron chi connectivity index (χ1n) is 11.7. The molecule has 10 heteroatoms. The highest BCUT2D eigenvalue weighted by molar-refractivity contribution is 9.10. The Morgan fingerprint density at radius 1 is 1.16 bits per heavy atom. The van der Waals surface area contributed by atoms with Gasteiger partial charge in [-0.2, -0.15) is 10.1 Å². The molecule has 1 saturated heterocycles. The number of anilines is 2. The Morgan fingerprint density at radius 2 is 1.97 bits per heavy atom. The summed E-state index contributed by atoms with van der Waals surface area (Å²) >= 11 is 3.59. The number of morpholine rings is 1. The topological polar surface area (TPSA) is 81.1 Å². The van der Waals surface area contributed by atoms with Crippen molar-refractivity contribution < 1.29 is 18.6 Å². The second-order valence-corrected chi connectivity index (χ2v) is 9.15. The van der Waals surface area contributed by atoms with Crippen molar-refractivity contribution in [1.29, 1.82) is 0 Å². The molecule has 1 fully saturated rings. The Balaban J connectivity index is 1.29. The van der Waals surface area contributed by atoms with E-state index in [2.05, 4.69) is 60.7 Å². The zero-order valence-corrected chi connectivity index (χ0v) is 21.7. The van der Waals surface area contributed by atoms with Crippen LogP contribution >= 0.6 is 15.9 Å². The normalized spacial score (nSPS) is 13.8. The van der Waals surface area contributed by atoms with Gasteiger partial charge in [-0.05, 0) is 50.0 Å². The van der Waals surface area contributed by atoms with Crippen molar-refractivity contribution in [3.63, 3.8) is 0 Å². The number of benzene rings is 3. The summed E-state index contributed by atoms with van der Waals surface area (Å²) < 4.78 is 32.0. The monoisotopic (exact) mass is 565 g/mol. The summed E-state index contributed by atoms with van der Waals surface area (Å²) in [7, 11) is 1.59. The highest BCUT2D eigenvalue weighted by Gasteiger charge is 2.18. The molecule has 190 valence electrons. The predicted octanol–water partition coefficient (Wildman–Crippen LogP) is 5.40. The molecule has 0 radical (unpaired) electrons. The molecule has 0 aliphatic carbocycles. The van der Waals surface area contributed by atoms with Gasteiger partial charge >= 0.3 is 0 Å². The smallest absolute Gasteiger partial charge is 0.245 e. The maximum atomic E-state index is 14.3. The molecule has 0 saturated carbocycles. The van der Waals surface area contributed by atoms with E-state index in [-0.39, 0.29) is 11.8 Å². The number of rotatable bonds is 8. The number of methoxy groups -OCH3 is 1. The Labute approximate surface area is 222 Å². The number of aromatic nitrogens is 2. The van der Waals surface area contributed by atoms with Crippen LogP contribution in [0.3, 0.4) is 0 Å². The lowest BCUT2D eigenvalue weighted by molar-refractivity contribution is 0.122. The molecule has 0 bridgehead atoms. The highest BCUT2D eigenvalue weighted by atomic mass is 79.9. The van der Waals surface area contributed by atoms with Crippen molar-refractivity contribution >= 4 is 44.7 Å². The highest BCUT2D eigenvalue weighted by Crippen LogP contribution is 2.37. The quantitative estimate of drug-likeness (QED) is 0.226. The van der Waals surface area contributed by atoms with Gasteiger partial charge in [0.2, 0.25) is 5.95 Å². The van der Waals surface area contributed by atoms with E-state index in [1.807, 2.05) is 35.2 Å². The van der Waals surface area contributed by atoms with Gasteiger partial charge in [0.15, 0.2) is 23.1 Å².